The van der Waals surface area contributed by atoms with Crippen molar-refractivity contribution in [1.29, 1.82) is 0 Å². The largest absolute Gasteiger partial charge is 0.342 e. The third-order valence-electron chi connectivity index (χ3n) is 4.51. The molecule has 0 aromatic heterocycles. The van der Waals surface area contributed by atoms with Gasteiger partial charge in [0.25, 0.3) is 0 Å². The second-order valence-corrected chi connectivity index (χ2v) is 5.61. The topological polar surface area (TPSA) is 49.4 Å². The molecule has 3 rings (SSSR count). The van der Waals surface area contributed by atoms with Crippen LogP contribution in [0.2, 0.25) is 0 Å². The number of amides is 2. The lowest BCUT2D eigenvalue weighted by Crippen LogP contribution is -2.69. The molecule has 3 fully saturated rings. The number of hydrogen-bond acceptors (Lipinski definition) is 2. The molecule has 4 nitrogen and oxygen atoms in total. The predicted molar refractivity (Wildman–Crippen MR) is 58.6 cm³/mol. The molecule has 0 bridgehead atoms. The van der Waals surface area contributed by atoms with E-state index < -0.39 is 5.54 Å². The molecule has 0 aromatic carbocycles. The maximum Gasteiger partial charge on any atom is 0.246 e. The van der Waals surface area contributed by atoms with Gasteiger partial charge in [-0.1, -0.05) is 0 Å². The summed E-state index contributed by atoms with van der Waals surface area (Å²) in [5.74, 6) is 0.912. The van der Waals surface area contributed by atoms with Gasteiger partial charge >= 0.3 is 0 Å². The quantitative estimate of drug-likeness (QED) is 0.740. The molecular formula is C12H18N2O2. The molecule has 2 aliphatic carbocycles. The Morgan fingerprint density at radius 2 is 1.88 bits per heavy atom. The van der Waals surface area contributed by atoms with Crippen LogP contribution in [0.5, 0.6) is 0 Å². The van der Waals surface area contributed by atoms with Crippen LogP contribution in [-0.2, 0) is 9.59 Å². The number of piperazine rings is 1. The Kier molecular flexibility index (Phi) is 1.89. The lowest BCUT2D eigenvalue weighted by Gasteiger charge is -2.44. The minimum atomic E-state index is -0.595. The van der Waals surface area contributed by atoms with Gasteiger partial charge < -0.3 is 10.2 Å². The summed E-state index contributed by atoms with van der Waals surface area (Å²) in [7, 11) is 1.79. The molecule has 16 heavy (non-hydrogen) atoms. The first-order valence-electron chi connectivity index (χ1n) is 6.14. The molecule has 0 spiro atoms. The van der Waals surface area contributed by atoms with Crippen molar-refractivity contribution in [2.24, 2.45) is 11.8 Å². The van der Waals surface area contributed by atoms with Gasteiger partial charge in [0.05, 0.1) is 0 Å². The first-order valence-corrected chi connectivity index (χ1v) is 6.14. The van der Waals surface area contributed by atoms with E-state index in [1.165, 1.54) is 0 Å². The fourth-order valence-corrected chi connectivity index (χ4v) is 2.79. The van der Waals surface area contributed by atoms with Crippen LogP contribution >= 0.6 is 0 Å². The lowest BCUT2D eigenvalue weighted by atomic mass is 9.88. The van der Waals surface area contributed by atoms with E-state index in [4.69, 9.17) is 0 Å². The van der Waals surface area contributed by atoms with Gasteiger partial charge in [-0.05, 0) is 44.4 Å². The molecule has 4 heteroatoms. The van der Waals surface area contributed by atoms with Crippen molar-refractivity contribution in [2.45, 2.75) is 44.2 Å². The molecule has 2 amide bonds. The zero-order valence-electron chi connectivity index (χ0n) is 9.82. The van der Waals surface area contributed by atoms with Gasteiger partial charge in [0.1, 0.15) is 11.6 Å². The zero-order chi connectivity index (χ0) is 11.5. The van der Waals surface area contributed by atoms with E-state index in [1.54, 1.807) is 11.9 Å². The average molecular weight is 222 g/mol. The summed E-state index contributed by atoms with van der Waals surface area (Å²) in [4.78, 5) is 26.1. The summed E-state index contributed by atoms with van der Waals surface area (Å²) in [5, 5.41) is 2.94. The van der Waals surface area contributed by atoms with Crippen LogP contribution in [0.25, 0.3) is 0 Å². The number of carbonyl (C=O) groups is 2. The molecule has 2 saturated carbocycles. The summed E-state index contributed by atoms with van der Waals surface area (Å²) in [5.41, 5.74) is -0.595. The molecule has 2 unspecified atom stereocenters. The highest BCUT2D eigenvalue weighted by atomic mass is 16.2. The zero-order valence-corrected chi connectivity index (χ0v) is 9.82. The summed E-state index contributed by atoms with van der Waals surface area (Å²) in [6.45, 7) is 1.90. The normalized spacial score (nSPS) is 39.9. The lowest BCUT2D eigenvalue weighted by molar-refractivity contribution is -0.156. The maximum atomic E-state index is 12.2. The van der Waals surface area contributed by atoms with Crippen molar-refractivity contribution < 1.29 is 9.59 Å². The smallest absolute Gasteiger partial charge is 0.246 e. The molecule has 88 valence electrons. The molecule has 0 radical (unpaired) electrons. The van der Waals surface area contributed by atoms with E-state index in [9.17, 15) is 9.59 Å². The summed E-state index contributed by atoms with van der Waals surface area (Å²) >= 11 is 0. The molecule has 2 atom stereocenters. The molecular weight excluding hydrogens is 204 g/mol. The molecule has 1 heterocycles. The monoisotopic (exact) mass is 222 g/mol. The van der Waals surface area contributed by atoms with Crippen molar-refractivity contribution in [3.8, 4) is 0 Å². The Hall–Kier alpha value is -1.06. The fourth-order valence-electron chi connectivity index (χ4n) is 2.79. The second-order valence-electron chi connectivity index (χ2n) is 5.61. The van der Waals surface area contributed by atoms with Gasteiger partial charge in [-0.15, -0.1) is 0 Å². The summed E-state index contributed by atoms with van der Waals surface area (Å²) < 4.78 is 0. The van der Waals surface area contributed by atoms with E-state index in [0.717, 1.165) is 25.7 Å². The van der Waals surface area contributed by atoms with Crippen LogP contribution < -0.4 is 5.32 Å². The number of rotatable bonds is 2. The number of nitrogens with one attached hydrogen (secondary N) is 1. The number of carbonyl (C=O) groups excluding carboxylic acids is 2. The number of hydrogen-bond donors (Lipinski definition) is 1. The van der Waals surface area contributed by atoms with Crippen molar-refractivity contribution >= 4 is 11.8 Å². The molecule has 1 N–H and O–H groups in total. The number of likely N-dealkylation sites (N-methyl/N-ethyl adjacent to an activating group) is 1. The summed E-state index contributed by atoms with van der Waals surface area (Å²) in [6, 6.07) is -0.246. The third kappa shape index (κ3) is 1.22. The molecule has 1 aliphatic heterocycles. The van der Waals surface area contributed by atoms with E-state index in [2.05, 4.69) is 5.32 Å². The van der Waals surface area contributed by atoms with E-state index in [1.807, 2.05) is 6.92 Å². The average Bonchev–Trinajstić information content (AvgIpc) is 3.10. The van der Waals surface area contributed by atoms with Crippen LogP contribution in [0.15, 0.2) is 0 Å². The minimum Gasteiger partial charge on any atom is -0.342 e. The fraction of sp³-hybridized carbons (Fsp3) is 0.833. The Morgan fingerprint density at radius 3 is 2.38 bits per heavy atom. The Morgan fingerprint density at radius 1 is 1.25 bits per heavy atom. The molecule has 0 aromatic rings. The van der Waals surface area contributed by atoms with Crippen LogP contribution in [0.3, 0.4) is 0 Å². The minimum absolute atomic E-state index is 0.0500. The highest BCUT2D eigenvalue weighted by molar-refractivity contribution is 6.00. The predicted octanol–water partition coefficient (Wildman–Crippen LogP) is 0.522. The molecule has 1 saturated heterocycles. The SMILES string of the molecule is CN1C(=O)C(C2CC2)NC(=O)C1(C)C1CC1. The van der Waals surface area contributed by atoms with Gasteiger partial charge in [-0.25, -0.2) is 0 Å². The van der Waals surface area contributed by atoms with E-state index in [0.29, 0.717) is 11.8 Å². The maximum absolute atomic E-state index is 12.2. The second kappa shape index (κ2) is 2.99. The molecule has 3 aliphatic rings. The van der Waals surface area contributed by atoms with Crippen LogP contribution in [0.4, 0.5) is 0 Å². The number of nitrogens with zero attached hydrogens (tertiary/aromatic N) is 1. The van der Waals surface area contributed by atoms with Gasteiger partial charge in [-0.3, -0.25) is 9.59 Å². The van der Waals surface area contributed by atoms with E-state index in [-0.39, 0.29) is 17.9 Å². The highest BCUT2D eigenvalue weighted by Crippen LogP contribution is 2.45. The van der Waals surface area contributed by atoms with Gasteiger partial charge in [0.2, 0.25) is 11.8 Å². The van der Waals surface area contributed by atoms with Gasteiger partial charge in [-0.2, -0.15) is 0 Å². The van der Waals surface area contributed by atoms with Crippen LogP contribution in [0, 0.1) is 11.8 Å². The summed E-state index contributed by atoms with van der Waals surface area (Å²) in [6.07, 6.45) is 4.28. The first kappa shape index (κ1) is 10.1. The highest BCUT2D eigenvalue weighted by Gasteiger charge is 2.57. The Bertz CT molecular complexity index is 358. The van der Waals surface area contributed by atoms with Gasteiger partial charge in [0.15, 0.2) is 0 Å². The standard InChI is InChI=1S/C12H18N2O2/c1-12(8-5-6-8)11(16)13-9(7-3-4-7)10(15)14(12)2/h7-9H,3-6H2,1-2H3,(H,13,16). The van der Waals surface area contributed by atoms with Crippen molar-refractivity contribution in [1.82, 2.24) is 10.2 Å². The van der Waals surface area contributed by atoms with Gasteiger partial charge in [0, 0.05) is 7.05 Å². The van der Waals surface area contributed by atoms with Crippen molar-refractivity contribution in [2.75, 3.05) is 7.05 Å². The van der Waals surface area contributed by atoms with Crippen LogP contribution in [-0.4, -0.2) is 35.3 Å². The first-order chi connectivity index (χ1) is 7.55. The Labute approximate surface area is 95.4 Å². The van der Waals surface area contributed by atoms with Crippen LogP contribution in [0.1, 0.15) is 32.6 Å². The Balaban J connectivity index is 1.88. The van der Waals surface area contributed by atoms with Crippen molar-refractivity contribution in [3.05, 3.63) is 0 Å². The van der Waals surface area contributed by atoms with E-state index >= 15 is 0 Å². The van der Waals surface area contributed by atoms with Crippen molar-refractivity contribution in [3.63, 3.8) is 0 Å². The third-order valence-corrected chi connectivity index (χ3v) is 4.51.